The molecule has 0 N–H and O–H groups in total. The average Bonchev–Trinajstić information content (AvgIpc) is 2.37. The van der Waals surface area contributed by atoms with Crippen LogP contribution >= 0.6 is 0 Å². The molecule has 0 fully saturated rings. The minimum absolute atomic E-state index is 0.440. The van der Waals surface area contributed by atoms with Gasteiger partial charge in [-0.1, -0.05) is 79.1 Å². The molecule has 2 unspecified atom stereocenters. The second-order valence-corrected chi connectivity index (χ2v) is 7.82. The molecule has 2 atom stereocenters. The van der Waals surface area contributed by atoms with Crippen molar-refractivity contribution in [2.75, 3.05) is 0 Å². The molecular formula is C20H42O. The van der Waals surface area contributed by atoms with Gasteiger partial charge in [-0.15, -0.1) is 0 Å². The number of hydrogen-bond acceptors (Lipinski definition) is 1. The van der Waals surface area contributed by atoms with Crippen molar-refractivity contribution in [3.05, 3.63) is 0 Å². The summed E-state index contributed by atoms with van der Waals surface area (Å²) in [4.78, 5) is 0. The lowest BCUT2D eigenvalue weighted by atomic mass is 10.0. The van der Waals surface area contributed by atoms with Gasteiger partial charge in [0.15, 0.2) is 0 Å². The number of rotatable bonds is 14. The van der Waals surface area contributed by atoms with Gasteiger partial charge in [-0.3, -0.25) is 0 Å². The predicted molar refractivity (Wildman–Crippen MR) is 95.9 cm³/mol. The Bertz CT molecular complexity index is 188. The molecule has 0 amide bonds. The third-order valence-electron chi connectivity index (χ3n) is 4.25. The maximum absolute atomic E-state index is 6.11. The van der Waals surface area contributed by atoms with Gasteiger partial charge in [0.05, 0.1) is 12.2 Å². The maximum Gasteiger partial charge on any atom is 0.0550 e. The van der Waals surface area contributed by atoms with Crippen LogP contribution in [0, 0.1) is 11.8 Å². The van der Waals surface area contributed by atoms with Crippen molar-refractivity contribution in [1.29, 1.82) is 0 Å². The van der Waals surface area contributed by atoms with Crippen LogP contribution in [0.15, 0.2) is 0 Å². The number of unbranched alkanes of at least 4 members (excludes halogenated alkanes) is 4. The second kappa shape index (κ2) is 13.6. The van der Waals surface area contributed by atoms with Crippen molar-refractivity contribution < 1.29 is 4.74 Å². The van der Waals surface area contributed by atoms with E-state index in [1.165, 1.54) is 64.2 Å². The summed E-state index contributed by atoms with van der Waals surface area (Å²) in [6.45, 7) is 13.8. The van der Waals surface area contributed by atoms with Gasteiger partial charge in [0, 0.05) is 0 Å². The highest BCUT2D eigenvalue weighted by atomic mass is 16.5. The van der Waals surface area contributed by atoms with Gasteiger partial charge >= 0.3 is 0 Å². The predicted octanol–water partition coefficient (Wildman–Crippen LogP) is 6.99. The van der Waals surface area contributed by atoms with Crippen molar-refractivity contribution >= 4 is 0 Å². The van der Waals surface area contributed by atoms with Crippen LogP contribution in [0.3, 0.4) is 0 Å². The molecule has 21 heavy (non-hydrogen) atoms. The van der Waals surface area contributed by atoms with Crippen molar-refractivity contribution in [3.63, 3.8) is 0 Å². The SMILES string of the molecule is CC(C)CCCCCC(C)OC(C)CCCCCC(C)C. The summed E-state index contributed by atoms with van der Waals surface area (Å²) in [5, 5.41) is 0. The van der Waals surface area contributed by atoms with Crippen LogP contribution in [-0.2, 0) is 4.74 Å². The normalized spacial score (nSPS) is 14.9. The molecule has 0 radical (unpaired) electrons. The van der Waals surface area contributed by atoms with Gasteiger partial charge in [-0.2, -0.15) is 0 Å². The smallest absolute Gasteiger partial charge is 0.0550 e. The van der Waals surface area contributed by atoms with Gasteiger partial charge < -0.3 is 4.74 Å². The van der Waals surface area contributed by atoms with E-state index in [-0.39, 0.29) is 0 Å². The fraction of sp³-hybridized carbons (Fsp3) is 1.00. The zero-order valence-corrected chi connectivity index (χ0v) is 15.8. The van der Waals surface area contributed by atoms with E-state index in [0.29, 0.717) is 12.2 Å². The number of hydrogen-bond donors (Lipinski definition) is 0. The van der Waals surface area contributed by atoms with E-state index < -0.39 is 0 Å². The van der Waals surface area contributed by atoms with Gasteiger partial charge in [0.25, 0.3) is 0 Å². The fourth-order valence-electron chi connectivity index (χ4n) is 2.85. The molecule has 0 spiro atoms. The summed E-state index contributed by atoms with van der Waals surface area (Å²) >= 11 is 0. The zero-order valence-electron chi connectivity index (χ0n) is 15.8. The highest BCUT2D eigenvalue weighted by Gasteiger charge is 2.08. The van der Waals surface area contributed by atoms with Crippen LogP contribution in [-0.4, -0.2) is 12.2 Å². The molecule has 1 nitrogen and oxygen atoms in total. The van der Waals surface area contributed by atoms with Crippen LogP contribution < -0.4 is 0 Å². The molecule has 0 saturated carbocycles. The molecule has 128 valence electrons. The van der Waals surface area contributed by atoms with Gasteiger partial charge in [0.1, 0.15) is 0 Å². The molecule has 0 saturated heterocycles. The summed E-state index contributed by atoms with van der Waals surface area (Å²) in [5.74, 6) is 1.71. The van der Waals surface area contributed by atoms with Crippen molar-refractivity contribution in [2.24, 2.45) is 11.8 Å². The molecule has 0 aliphatic rings. The van der Waals surface area contributed by atoms with E-state index in [1.807, 2.05) is 0 Å². The van der Waals surface area contributed by atoms with Crippen molar-refractivity contribution in [3.8, 4) is 0 Å². The lowest BCUT2D eigenvalue weighted by molar-refractivity contribution is -0.00235. The number of ether oxygens (including phenoxy) is 1. The summed E-state index contributed by atoms with van der Waals surface area (Å²) in [6, 6.07) is 0. The van der Waals surface area contributed by atoms with E-state index in [4.69, 9.17) is 4.74 Å². The molecule has 0 aliphatic heterocycles. The van der Waals surface area contributed by atoms with E-state index in [2.05, 4.69) is 41.5 Å². The minimum atomic E-state index is 0.440. The first-order valence-corrected chi connectivity index (χ1v) is 9.57. The Morgan fingerprint density at radius 1 is 0.476 bits per heavy atom. The van der Waals surface area contributed by atoms with E-state index in [9.17, 15) is 0 Å². The fourth-order valence-corrected chi connectivity index (χ4v) is 2.85. The third-order valence-corrected chi connectivity index (χ3v) is 4.25. The summed E-state index contributed by atoms with van der Waals surface area (Å²) in [6.07, 6.45) is 14.3. The molecule has 0 aromatic carbocycles. The topological polar surface area (TPSA) is 9.23 Å². The van der Waals surface area contributed by atoms with Crippen LogP contribution in [0.5, 0.6) is 0 Å². The van der Waals surface area contributed by atoms with Crippen LogP contribution in [0.2, 0.25) is 0 Å². The Labute approximate surface area is 135 Å². The Hall–Kier alpha value is -0.0400. The first-order valence-electron chi connectivity index (χ1n) is 9.57. The molecule has 0 rings (SSSR count). The largest absolute Gasteiger partial charge is 0.376 e. The second-order valence-electron chi connectivity index (χ2n) is 7.82. The van der Waals surface area contributed by atoms with Crippen LogP contribution in [0.4, 0.5) is 0 Å². The minimum Gasteiger partial charge on any atom is -0.376 e. The zero-order chi connectivity index (χ0) is 16.1. The van der Waals surface area contributed by atoms with Gasteiger partial charge in [-0.05, 0) is 38.5 Å². The molecule has 0 heterocycles. The Morgan fingerprint density at radius 3 is 1.14 bits per heavy atom. The highest BCUT2D eigenvalue weighted by molar-refractivity contribution is 4.58. The first-order chi connectivity index (χ1) is 9.91. The van der Waals surface area contributed by atoms with E-state index >= 15 is 0 Å². The van der Waals surface area contributed by atoms with Gasteiger partial charge in [0.2, 0.25) is 0 Å². The summed E-state index contributed by atoms with van der Waals surface area (Å²) in [7, 11) is 0. The average molecular weight is 299 g/mol. The maximum atomic E-state index is 6.11. The molecular weight excluding hydrogens is 256 g/mol. The molecule has 1 heteroatoms. The van der Waals surface area contributed by atoms with Crippen LogP contribution in [0.1, 0.15) is 106 Å². The van der Waals surface area contributed by atoms with Crippen molar-refractivity contribution in [2.45, 2.75) is 118 Å². The lowest BCUT2D eigenvalue weighted by Gasteiger charge is -2.19. The molecule has 0 aromatic heterocycles. The van der Waals surface area contributed by atoms with E-state index in [1.54, 1.807) is 0 Å². The van der Waals surface area contributed by atoms with Crippen LogP contribution in [0.25, 0.3) is 0 Å². The molecule has 0 aliphatic carbocycles. The Kier molecular flexibility index (Phi) is 13.6. The van der Waals surface area contributed by atoms with E-state index in [0.717, 1.165) is 11.8 Å². The summed E-state index contributed by atoms with van der Waals surface area (Å²) < 4.78 is 6.11. The third kappa shape index (κ3) is 16.2. The first kappa shape index (κ1) is 21.0. The molecule has 0 aromatic rings. The Balaban J connectivity index is 3.41. The Morgan fingerprint density at radius 2 is 0.810 bits per heavy atom. The standard InChI is InChI=1S/C20H42O/c1-17(2)13-9-7-11-15-19(5)21-20(6)16-12-8-10-14-18(3)4/h17-20H,7-16H2,1-6H3. The lowest BCUT2D eigenvalue weighted by Crippen LogP contribution is -2.17. The highest BCUT2D eigenvalue weighted by Crippen LogP contribution is 2.16. The quantitative estimate of drug-likeness (QED) is 0.314. The van der Waals surface area contributed by atoms with Crippen molar-refractivity contribution in [1.82, 2.24) is 0 Å². The summed E-state index contributed by atoms with van der Waals surface area (Å²) in [5.41, 5.74) is 0. The molecule has 0 bridgehead atoms. The monoisotopic (exact) mass is 298 g/mol. The van der Waals surface area contributed by atoms with Gasteiger partial charge in [-0.25, -0.2) is 0 Å².